The summed E-state index contributed by atoms with van der Waals surface area (Å²) in [4.78, 5) is 16.3. The van der Waals surface area contributed by atoms with Crippen LogP contribution in [0.3, 0.4) is 0 Å². The largest absolute Gasteiger partial charge is 0.475 e. The van der Waals surface area contributed by atoms with Crippen LogP contribution in [0.4, 0.5) is 4.79 Å². The van der Waals surface area contributed by atoms with Gasteiger partial charge in [0.2, 0.25) is 15.9 Å². The highest BCUT2D eigenvalue weighted by molar-refractivity contribution is 7.89. The van der Waals surface area contributed by atoms with Crippen molar-refractivity contribution in [1.82, 2.24) is 20.3 Å². The van der Waals surface area contributed by atoms with Gasteiger partial charge in [0.15, 0.2) is 0 Å². The Morgan fingerprint density at radius 1 is 1.07 bits per heavy atom. The molecule has 9 nitrogen and oxygen atoms in total. The monoisotopic (exact) mass is 408 g/mol. The molecule has 0 saturated carbocycles. The summed E-state index contributed by atoms with van der Waals surface area (Å²) >= 11 is 0. The molecule has 0 aliphatic rings. The normalized spacial score (nSPS) is 11.1. The third-order valence-corrected chi connectivity index (χ3v) is 5.13. The Morgan fingerprint density at radius 2 is 1.82 bits per heavy atom. The first kappa shape index (κ1) is 21.6. The summed E-state index contributed by atoms with van der Waals surface area (Å²) in [6.45, 7) is 1.39. The number of ether oxygens (including phenoxy) is 2. The van der Waals surface area contributed by atoms with Crippen LogP contribution in [-0.4, -0.2) is 46.8 Å². The summed E-state index contributed by atoms with van der Waals surface area (Å²) < 4.78 is 36.2. The number of nitrogens with one attached hydrogen (secondary N) is 3. The molecule has 0 fully saturated rings. The van der Waals surface area contributed by atoms with Gasteiger partial charge in [-0.05, 0) is 30.3 Å². The number of urea groups is 1. The van der Waals surface area contributed by atoms with Crippen LogP contribution in [0.15, 0.2) is 47.5 Å². The van der Waals surface area contributed by atoms with Gasteiger partial charge in [0.05, 0.1) is 11.5 Å². The standard InChI is InChI=1S/C18H24N4O5S/c1-19-28(24,25)16-5-3-4-14(10-16)11-21-18(23)22-13-15-6-7-17(20-12-15)27-9-8-26-2/h3-7,10,12,19H,8-9,11,13H2,1-2H3,(H2,21,22,23). The molecule has 0 bridgehead atoms. The van der Waals surface area contributed by atoms with Crippen LogP contribution in [0.2, 0.25) is 0 Å². The number of methoxy groups -OCH3 is 1. The molecule has 1 heterocycles. The van der Waals surface area contributed by atoms with Crippen molar-refractivity contribution in [2.45, 2.75) is 18.0 Å². The molecule has 0 aliphatic carbocycles. The number of nitrogens with zero attached hydrogens (tertiary/aromatic N) is 1. The lowest BCUT2D eigenvalue weighted by molar-refractivity contribution is 0.143. The van der Waals surface area contributed by atoms with Crippen LogP contribution in [0.5, 0.6) is 5.88 Å². The average Bonchev–Trinajstić information content (AvgIpc) is 2.72. The van der Waals surface area contributed by atoms with Gasteiger partial charge < -0.3 is 20.1 Å². The minimum absolute atomic E-state index is 0.147. The quantitative estimate of drug-likeness (QED) is 0.505. The Labute approximate surface area is 164 Å². The Balaban J connectivity index is 1.79. The van der Waals surface area contributed by atoms with Gasteiger partial charge >= 0.3 is 6.03 Å². The van der Waals surface area contributed by atoms with Gasteiger partial charge in [-0.2, -0.15) is 0 Å². The first-order valence-electron chi connectivity index (χ1n) is 8.55. The zero-order valence-corrected chi connectivity index (χ0v) is 16.6. The number of carbonyl (C=O) groups is 1. The van der Waals surface area contributed by atoms with Crippen molar-refractivity contribution < 1.29 is 22.7 Å². The van der Waals surface area contributed by atoms with Gasteiger partial charge in [-0.15, -0.1) is 0 Å². The average molecular weight is 408 g/mol. The summed E-state index contributed by atoms with van der Waals surface area (Å²) in [5.41, 5.74) is 1.49. The SMILES string of the molecule is CNS(=O)(=O)c1cccc(CNC(=O)NCc2ccc(OCCOC)nc2)c1. The molecule has 0 aliphatic heterocycles. The fourth-order valence-corrected chi connectivity index (χ4v) is 3.00. The predicted octanol–water partition coefficient (Wildman–Crippen LogP) is 1.01. The molecule has 1 aromatic carbocycles. The topological polar surface area (TPSA) is 119 Å². The predicted molar refractivity (Wildman–Crippen MR) is 103 cm³/mol. The molecule has 2 aromatic rings. The zero-order valence-electron chi connectivity index (χ0n) is 15.8. The minimum atomic E-state index is -3.52. The molecule has 10 heteroatoms. The van der Waals surface area contributed by atoms with Gasteiger partial charge in [-0.3, -0.25) is 0 Å². The Hall–Kier alpha value is -2.69. The van der Waals surface area contributed by atoms with Crippen LogP contribution in [0.25, 0.3) is 0 Å². The maximum absolute atomic E-state index is 12.0. The van der Waals surface area contributed by atoms with E-state index < -0.39 is 10.0 Å². The molecule has 152 valence electrons. The van der Waals surface area contributed by atoms with E-state index in [1.807, 2.05) is 6.07 Å². The molecule has 0 atom stereocenters. The highest BCUT2D eigenvalue weighted by Gasteiger charge is 2.11. The lowest BCUT2D eigenvalue weighted by Gasteiger charge is -2.09. The number of benzene rings is 1. The van der Waals surface area contributed by atoms with Gasteiger partial charge in [0.1, 0.15) is 6.61 Å². The summed E-state index contributed by atoms with van der Waals surface area (Å²) in [6.07, 6.45) is 1.62. The Kier molecular flexibility index (Phi) is 8.18. The molecule has 0 unspecified atom stereocenters. The minimum Gasteiger partial charge on any atom is -0.475 e. The van der Waals surface area contributed by atoms with Gasteiger partial charge in [-0.1, -0.05) is 18.2 Å². The van der Waals surface area contributed by atoms with Crippen molar-refractivity contribution in [2.75, 3.05) is 27.4 Å². The molecule has 28 heavy (non-hydrogen) atoms. The lowest BCUT2D eigenvalue weighted by Crippen LogP contribution is -2.34. The van der Waals surface area contributed by atoms with E-state index in [0.717, 1.165) is 5.56 Å². The maximum Gasteiger partial charge on any atom is 0.315 e. The van der Waals surface area contributed by atoms with E-state index in [4.69, 9.17) is 9.47 Å². The fraction of sp³-hybridized carbons (Fsp3) is 0.333. The second-order valence-electron chi connectivity index (χ2n) is 5.74. The van der Waals surface area contributed by atoms with E-state index >= 15 is 0 Å². The molecule has 0 spiro atoms. The van der Waals surface area contributed by atoms with Gasteiger partial charge in [-0.25, -0.2) is 22.9 Å². The van der Waals surface area contributed by atoms with Crippen molar-refractivity contribution in [3.63, 3.8) is 0 Å². The highest BCUT2D eigenvalue weighted by Crippen LogP contribution is 2.11. The van der Waals surface area contributed by atoms with E-state index in [-0.39, 0.29) is 17.5 Å². The third-order valence-electron chi connectivity index (χ3n) is 3.72. The Bertz CT molecular complexity index is 872. The lowest BCUT2D eigenvalue weighted by atomic mass is 10.2. The fourth-order valence-electron chi connectivity index (χ4n) is 2.20. The van der Waals surface area contributed by atoms with Crippen LogP contribution in [-0.2, 0) is 27.8 Å². The van der Waals surface area contributed by atoms with Crippen LogP contribution in [0, 0.1) is 0 Å². The maximum atomic E-state index is 12.0. The van der Waals surface area contributed by atoms with E-state index in [1.165, 1.54) is 19.2 Å². The van der Waals surface area contributed by atoms with E-state index in [9.17, 15) is 13.2 Å². The first-order chi connectivity index (χ1) is 13.4. The summed E-state index contributed by atoms with van der Waals surface area (Å²) in [6, 6.07) is 9.52. The molecular formula is C18H24N4O5S. The van der Waals surface area contributed by atoms with Crippen molar-refractivity contribution in [1.29, 1.82) is 0 Å². The molecule has 3 N–H and O–H groups in total. The molecular weight excluding hydrogens is 384 g/mol. The van der Waals surface area contributed by atoms with Crippen molar-refractivity contribution in [3.05, 3.63) is 53.7 Å². The zero-order chi connectivity index (χ0) is 20.4. The number of pyridine rings is 1. The number of aromatic nitrogens is 1. The third kappa shape index (κ3) is 6.80. The van der Waals surface area contributed by atoms with Crippen LogP contribution < -0.4 is 20.1 Å². The number of amides is 2. The number of sulfonamides is 1. The second kappa shape index (κ2) is 10.6. The number of carbonyl (C=O) groups excluding carboxylic acids is 1. The summed E-state index contributed by atoms with van der Waals surface area (Å²) in [5.74, 6) is 0.488. The van der Waals surface area contributed by atoms with E-state index in [2.05, 4.69) is 20.3 Å². The summed E-state index contributed by atoms with van der Waals surface area (Å²) in [5, 5.41) is 5.40. The van der Waals surface area contributed by atoms with Crippen LogP contribution in [0.1, 0.15) is 11.1 Å². The van der Waals surface area contributed by atoms with Crippen molar-refractivity contribution in [3.8, 4) is 5.88 Å². The second-order valence-corrected chi connectivity index (χ2v) is 7.62. The van der Waals surface area contributed by atoms with Crippen LogP contribution >= 0.6 is 0 Å². The summed E-state index contributed by atoms with van der Waals surface area (Å²) in [7, 11) is -0.576. The molecule has 2 rings (SSSR count). The van der Waals surface area contributed by atoms with Crippen molar-refractivity contribution in [2.24, 2.45) is 0 Å². The van der Waals surface area contributed by atoms with Gasteiger partial charge in [0.25, 0.3) is 0 Å². The van der Waals surface area contributed by atoms with Gasteiger partial charge in [0, 0.05) is 32.5 Å². The van der Waals surface area contributed by atoms with E-state index in [1.54, 1.807) is 31.5 Å². The smallest absolute Gasteiger partial charge is 0.315 e. The number of rotatable bonds is 10. The molecule has 1 aromatic heterocycles. The van der Waals surface area contributed by atoms with E-state index in [0.29, 0.717) is 31.2 Å². The number of hydrogen-bond donors (Lipinski definition) is 3. The molecule has 2 amide bonds. The Morgan fingerprint density at radius 3 is 2.46 bits per heavy atom. The molecule has 0 radical (unpaired) electrons. The number of hydrogen-bond acceptors (Lipinski definition) is 6. The highest BCUT2D eigenvalue weighted by atomic mass is 32.2. The molecule has 0 saturated heterocycles. The first-order valence-corrected chi connectivity index (χ1v) is 10.0. The van der Waals surface area contributed by atoms with Crippen molar-refractivity contribution >= 4 is 16.1 Å².